The first-order valence-electron chi connectivity index (χ1n) is 13.8. The summed E-state index contributed by atoms with van der Waals surface area (Å²) in [5.74, 6) is -0.645. The van der Waals surface area contributed by atoms with Crippen LogP contribution in [0.15, 0.2) is 73.3 Å². The summed E-state index contributed by atoms with van der Waals surface area (Å²) in [5, 5.41) is 0. The van der Waals surface area contributed by atoms with Crippen LogP contribution in [0.3, 0.4) is 0 Å². The lowest BCUT2D eigenvalue weighted by Gasteiger charge is -2.34. The molecule has 0 amide bonds. The minimum atomic E-state index is -4.09. The van der Waals surface area contributed by atoms with Gasteiger partial charge in [0.1, 0.15) is 29.7 Å². The molecule has 2 aromatic heterocycles. The number of fused-ring (bicyclic) bond motifs is 2. The standard InChI is InChI=1S/C29H34N5O7P/c1-4-29(17-38-42(35,36-15-20-11-7-5-8-12-20)37-16-21-13-9-6-10-14-21)24-23(39-28(2,3)40-24)27(41-29)34-19-33-22-25(30)31-18-32-26(22)34/h5-14,18-19,23-24,27H,4,15-17H2,1-3H3,(H2,30,31,32)/t23?,24-,27?,29?/m1/s1. The van der Waals surface area contributed by atoms with Gasteiger partial charge in [-0.25, -0.2) is 19.5 Å². The second-order valence-corrected chi connectivity index (χ2v) is 12.4. The number of nitrogen functional groups attached to an aromatic ring is 1. The van der Waals surface area contributed by atoms with Gasteiger partial charge in [-0.2, -0.15) is 0 Å². The minimum Gasteiger partial charge on any atom is -0.382 e. The lowest BCUT2D eigenvalue weighted by atomic mass is 9.93. The van der Waals surface area contributed by atoms with Gasteiger partial charge in [-0.05, 0) is 31.4 Å². The molecular weight excluding hydrogens is 561 g/mol. The highest BCUT2D eigenvalue weighted by Gasteiger charge is 2.63. The van der Waals surface area contributed by atoms with Gasteiger partial charge in [-0.1, -0.05) is 67.6 Å². The van der Waals surface area contributed by atoms with Crippen molar-refractivity contribution in [2.24, 2.45) is 0 Å². The normalized spacial score (nSPS) is 25.2. The van der Waals surface area contributed by atoms with E-state index in [1.165, 1.54) is 6.33 Å². The van der Waals surface area contributed by atoms with Gasteiger partial charge < -0.3 is 19.9 Å². The average molecular weight is 596 g/mol. The molecule has 12 nitrogen and oxygen atoms in total. The van der Waals surface area contributed by atoms with Crippen molar-refractivity contribution in [3.8, 4) is 0 Å². The van der Waals surface area contributed by atoms with Crippen LogP contribution in [-0.4, -0.2) is 49.7 Å². The number of imidazole rings is 1. The van der Waals surface area contributed by atoms with Crippen LogP contribution < -0.4 is 5.73 Å². The fraction of sp³-hybridized carbons (Fsp3) is 0.414. The van der Waals surface area contributed by atoms with Crippen molar-refractivity contribution in [2.75, 3.05) is 12.3 Å². The number of nitrogens with zero attached hydrogens (tertiary/aromatic N) is 4. The van der Waals surface area contributed by atoms with E-state index in [1.807, 2.05) is 81.4 Å². The average Bonchev–Trinajstić information content (AvgIpc) is 3.66. The number of nitrogens with two attached hydrogens (primary N) is 1. The number of aromatic nitrogens is 4. The van der Waals surface area contributed by atoms with Crippen LogP contribution >= 0.6 is 7.82 Å². The molecule has 222 valence electrons. The smallest absolute Gasteiger partial charge is 0.382 e. The molecule has 2 fully saturated rings. The lowest BCUT2D eigenvalue weighted by molar-refractivity contribution is -0.226. The molecule has 3 unspecified atom stereocenters. The molecule has 0 spiro atoms. The van der Waals surface area contributed by atoms with Crippen molar-refractivity contribution in [3.05, 3.63) is 84.4 Å². The molecule has 4 atom stereocenters. The van der Waals surface area contributed by atoms with Gasteiger partial charge in [0.15, 0.2) is 23.5 Å². The highest BCUT2D eigenvalue weighted by Crippen LogP contribution is 2.55. The van der Waals surface area contributed by atoms with E-state index in [4.69, 9.17) is 33.5 Å². The lowest BCUT2D eigenvalue weighted by Crippen LogP contribution is -2.46. The van der Waals surface area contributed by atoms with Crippen molar-refractivity contribution >= 4 is 24.8 Å². The van der Waals surface area contributed by atoms with E-state index in [1.54, 1.807) is 10.9 Å². The van der Waals surface area contributed by atoms with Crippen molar-refractivity contribution in [1.29, 1.82) is 0 Å². The van der Waals surface area contributed by atoms with Crippen LogP contribution in [0.5, 0.6) is 0 Å². The van der Waals surface area contributed by atoms with E-state index in [-0.39, 0.29) is 25.6 Å². The third kappa shape index (κ3) is 5.71. The minimum absolute atomic E-state index is 0.0381. The Bertz CT molecular complexity index is 1520. The second kappa shape index (κ2) is 11.5. The number of anilines is 1. The summed E-state index contributed by atoms with van der Waals surface area (Å²) in [6.45, 7) is 5.56. The maximum atomic E-state index is 14.1. The molecule has 0 aliphatic carbocycles. The van der Waals surface area contributed by atoms with Crippen LogP contribution in [0.25, 0.3) is 11.2 Å². The summed E-state index contributed by atoms with van der Waals surface area (Å²) >= 11 is 0. The van der Waals surface area contributed by atoms with Crippen molar-refractivity contribution in [1.82, 2.24) is 19.5 Å². The molecule has 4 aromatic rings. The molecule has 4 heterocycles. The van der Waals surface area contributed by atoms with Crippen molar-refractivity contribution in [2.45, 2.75) is 70.2 Å². The zero-order chi connectivity index (χ0) is 29.4. The summed E-state index contributed by atoms with van der Waals surface area (Å²) in [6.07, 6.45) is 1.61. The molecule has 2 saturated heterocycles. The summed E-state index contributed by atoms with van der Waals surface area (Å²) < 4.78 is 53.0. The second-order valence-electron chi connectivity index (χ2n) is 10.8. The van der Waals surface area contributed by atoms with Crippen LogP contribution in [-0.2, 0) is 45.6 Å². The van der Waals surface area contributed by atoms with E-state index in [9.17, 15) is 4.57 Å². The number of hydrogen-bond donors (Lipinski definition) is 1. The van der Waals surface area contributed by atoms with E-state index >= 15 is 0 Å². The molecule has 0 radical (unpaired) electrons. The molecule has 42 heavy (non-hydrogen) atoms. The number of phosphoric ester groups is 1. The van der Waals surface area contributed by atoms with Crippen molar-refractivity contribution < 1.29 is 32.3 Å². The number of phosphoric acid groups is 1. The molecule has 0 bridgehead atoms. The molecule has 6 rings (SSSR count). The largest absolute Gasteiger partial charge is 0.475 e. The Kier molecular flexibility index (Phi) is 7.88. The number of ether oxygens (including phenoxy) is 3. The quantitative estimate of drug-likeness (QED) is 0.230. The number of rotatable bonds is 11. The maximum absolute atomic E-state index is 14.1. The Balaban J connectivity index is 1.27. The highest BCUT2D eigenvalue weighted by atomic mass is 31.2. The number of hydrogen-bond acceptors (Lipinski definition) is 11. The first-order chi connectivity index (χ1) is 20.2. The van der Waals surface area contributed by atoms with E-state index in [0.29, 0.717) is 17.6 Å². The van der Waals surface area contributed by atoms with Gasteiger partial charge in [0.2, 0.25) is 0 Å². The zero-order valence-corrected chi connectivity index (χ0v) is 24.6. The molecule has 2 N–H and O–H groups in total. The molecule has 0 saturated carbocycles. The molecular formula is C29H34N5O7P. The van der Waals surface area contributed by atoms with Gasteiger partial charge in [-0.3, -0.25) is 18.1 Å². The van der Waals surface area contributed by atoms with E-state index in [0.717, 1.165) is 11.1 Å². The predicted molar refractivity (Wildman–Crippen MR) is 153 cm³/mol. The summed E-state index contributed by atoms with van der Waals surface area (Å²) in [5.41, 5.74) is 7.57. The van der Waals surface area contributed by atoms with Gasteiger partial charge in [0.05, 0.1) is 26.1 Å². The first-order valence-corrected chi connectivity index (χ1v) is 15.2. The first kappa shape index (κ1) is 28.9. The Morgan fingerprint density at radius 1 is 0.905 bits per heavy atom. The predicted octanol–water partition coefficient (Wildman–Crippen LogP) is 5.16. The highest BCUT2D eigenvalue weighted by molar-refractivity contribution is 7.48. The van der Waals surface area contributed by atoms with Crippen LogP contribution in [0.2, 0.25) is 0 Å². The maximum Gasteiger partial charge on any atom is 0.475 e. The summed E-state index contributed by atoms with van der Waals surface area (Å²) in [7, 11) is -4.09. The van der Waals surface area contributed by atoms with Crippen LogP contribution in [0.1, 0.15) is 44.5 Å². The Morgan fingerprint density at radius 3 is 2.17 bits per heavy atom. The van der Waals surface area contributed by atoms with Gasteiger partial charge in [-0.15, -0.1) is 0 Å². The Labute approximate surface area is 243 Å². The summed E-state index contributed by atoms with van der Waals surface area (Å²) in [6, 6.07) is 18.8. The van der Waals surface area contributed by atoms with E-state index < -0.39 is 37.6 Å². The van der Waals surface area contributed by atoms with Gasteiger partial charge in [0.25, 0.3) is 0 Å². The summed E-state index contributed by atoms with van der Waals surface area (Å²) in [4.78, 5) is 12.8. The molecule has 2 aliphatic heterocycles. The fourth-order valence-electron chi connectivity index (χ4n) is 5.31. The third-order valence-electron chi connectivity index (χ3n) is 7.48. The third-order valence-corrected chi connectivity index (χ3v) is 8.81. The molecule has 2 aliphatic rings. The van der Waals surface area contributed by atoms with Gasteiger partial charge >= 0.3 is 7.82 Å². The molecule has 2 aromatic carbocycles. The van der Waals surface area contributed by atoms with Gasteiger partial charge in [0, 0.05) is 0 Å². The monoisotopic (exact) mass is 595 g/mol. The Morgan fingerprint density at radius 2 is 1.55 bits per heavy atom. The number of benzene rings is 2. The SMILES string of the molecule is CCC1(COP(=O)(OCc2ccccc2)OCc2ccccc2)OC(n2cnc3c(N)ncnc32)C2OC(C)(C)O[C@H]21. The molecule has 13 heteroatoms. The van der Waals surface area contributed by atoms with Crippen LogP contribution in [0.4, 0.5) is 5.82 Å². The van der Waals surface area contributed by atoms with Crippen LogP contribution in [0, 0.1) is 0 Å². The Hall–Kier alpha value is -3.22. The van der Waals surface area contributed by atoms with E-state index in [2.05, 4.69) is 15.0 Å². The topological polar surface area (TPSA) is 142 Å². The fourth-order valence-corrected chi connectivity index (χ4v) is 6.52. The zero-order valence-electron chi connectivity index (χ0n) is 23.7. The van der Waals surface area contributed by atoms with Crippen molar-refractivity contribution in [3.63, 3.8) is 0 Å².